The van der Waals surface area contributed by atoms with E-state index in [1.165, 1.54) is 5.56 Å². The van der Waals surface area contributed by atoms with Gasteiger partial charge in [0.05, 0.1) is 5.52 Å². The molecule has 17 heavy (non-hydrogen) atoms. The Balaban J connectivity index is 2.32. The summed E-state index contributed by atoms with van der Waals surface area (Å²) in [6, 6.07) is 4.22. The number of benzene rings is 1. The predicted octanol–water partition coefficient (Wildman–Crippen LogP) is 2.39. The number of fused-ring (bicyclic) bond motifs is 3. The quantitative estimate of drug-likeness (QED) is 0.762. The van der Waals surface area contributed by atoms with E-state index in [2.05, 4.69) is 55.6 Å². The largest absolute Gasteiger partial charge is 0.330 e. The molecule has 0 aliphatic carbocycles. The van der Waals surface area contributed by atoms with Crippen LogP contribution in [0.1, 0.15) is 11.3 Å². The molecule has 0 saturated heterocycles. The highest BCUT2D eigenvalue weighted by molar-refractivity contribution is 9.10. The van der Waals surface area contributed by atoms with Crippen LogP contribution in [0.25, 0.3) is 16.8 Å². The van der Waals surface area contributed by atoms with E-state index in [0.29, 0.717) is 6.54 Å². The molecule has 0 radical (unpaired) electrons. The number of rotatable bonds is 2. The van der Waals surface area contributed by atoms with Gasteiger partial charge in [-0.15, -0.1) is 0 Å². The molecule has 5 heteroatoms. The maximum Gasteiger partial charge on any atom is 0.212 e. The van der Waals surface area contributed by atoms with E-state index in [1.54, 1.807) is 0 Å². The Morgan fingerprint density at radius 1 is 1.47 bits per heavy atom. The molecule has 0 saturated carbocycles. The van der Waals surface area contributed by atoms with Gasteiger partial charge in [0.15, 0.2) is 0 Å². The van der Waals surface area contributed by atoms with Gasteiger partial charge in [0.25, 0.3) is 0 Å². The van der Waals surface area contributed by atoms with E-state index >= 15 is 0 Å². The van der Waals surface area contributed by atoms with Gasteiger partial charge in [-0.25, -0.2) is 4.98 Å². The zero-order chi connectivity index (χ0) is 12.0. The van der Waals surface area contributed by atoms with Crippen molar-refractivity contribution in [3.63, 3.8) is 0 Å². The lowest BCUT2D eigenvalue weighted by molar-refractivity contribution is 0.936. The van der Waals surface area contributed by atoms with E-state index in [1.807, 2.05) is 0 Å². The molecule has 0 unspecified atom stereocenters. The molecular weight excluding hydrogens is 280 g/mol. The van der Waals surface area contributed by atoms with Crippen LogP contribution < -0.4 is 5.73 Å². The van der Waals surface area contributed by atoms with Crippen LogP contribution in [0.3, 0.4) is 0 Å². The van der Waals surface area contributed by atoms with Gasteiger partial charge in [0.1, 0.15) is 5.52 Å². The Bertz CT molecular complexity index is 695. The molecule has 0 amide bonds. The second-order valence-electron chi connectivity index (χ2n) is 4.24. The molecule has 0 aliphatic heterocycles. The minimum Gasteiger partial charge on any atom is -0.330 e. The third kappa shape index (κ3) is 1.66. The standard InChI is InChI=1S/C12H13BrN4/c1-7-4-9(13)11-10(5-7)17-6-8(2-3-14)15-12(17)16-11/h4-6H,2-3,14H2,1H3,(H,15,16). The number of nitrogens with zero attached hydrogens (tertiary/aromatic N) is 2. The number of imidazole rings is 2. The fourth-order valence-electron chi connectivity index (χ4n) is 2.12. The molecule has 0 fully saturated rings. The summed E-state index contributed by atoms with van der Waals surface area (Å²) >= 11 is 3.55. The topological polar surface area (TPSA) is 59.1 Å². The summed E-state index contributed by atoms with van der Waals surface area (Å²) in [4.78, 5) is 7.86. The van der Waals surface area contributed by atoms with Gasteiger partial charge in [-0.3, -0.25) is 4.40 Å². The summed E-state index contributed by atoms with van der Waals surface area (Å²) in [7, 11) is 0. The zero-order valence-electron chi connectivity index (χ0n) is 9.50. The van der Waals surface area contributed by atoms with E-state index in [4.69, 9.17) is 5.73 Å². The lowest BCUT2D eigenvalue weighted by atomic mass is 10.2. The lowest BCUT2D eigenvalue weighted by Gasteiger charge is -1.97. The number of hydrogen-bond donors (Lipinski definition) is 2. The van der Waals surface area contributed by atoms with Crippen molar-refractivity contribution < 1.29 is 0 Å². The molecule has 0 bridgehead atoms. The molecule has 1 aromatic carbocycles. The van der Waals surface area contributed by atoms with Gasteiger partial charge in [0.2, 0.25) is 5.78 Å². The van der Waals surface area contributed by atoms with Crippen molar-refractivity contribution in [1.82, 2.24) is 14.4 Å². The fraction of sp³-hybridized carbons (Fsp3) is 0.250. The van der Waals surface area contributed by atoms with Gasteiger partial charge in [-0.05, 0) is 47.1 Å². The smallest absolute Gasteiger partial charge is 0.212 e. The number of halogens is 1. The van der Waals surface area contributed by atoms with Crippen LogP contribution in [-0.4, -0.2) is 20.9 Å². The first kappa shape index (κ1) is 10.8. The maximum atomic E-state index is 5.55. The number of H-pyrrole nitrogens is 1. The van der Waals surface area contributed by atoms with Crippen molar-refractivity contribution in [3.05, 3.63) is 34.1 Å². The highest BCUT2D eigenvalue weighted by Crippen LogP contribution is 2.26. The van der Waals surface area contributed by atoms with Crippen molar-refractivity contribution in [2.24, 2.45) is 5.73 Å². The average Bonchev–Trinajstić information content (AvgIpc) is 2.77. The molecule has 2 heterocycles. The molecule has 0 atom stereocenters. The maximum absolute atomic E-state index is 5.55. The second-order valence-corrected chi connectivity index (χ2v) is 5.09. The third-order valence-electron chi connectivity index (χ3n) is 2.86. The highest BCUT2D eigenvalue weighted by Gasteiger charge is 2.10. The second kappa shape index (κ2) is 3.85. The number of aromatic amines is 1. The van der Waals surface area contributed by atoms with E-state index in [0.717, 1.165) is 33.4 Å². The average molecular weight is 293 g/mol. The minimum absolute atomic E-state index is 0.643. The molecule has 3 rings (SSSR count). The van der Waals surface area contributed by atoms with Crippen LogP contribution in [-0.2, 0) is 6.42 Å². The molecule has 0 spiro atoms. The zero-order valence-corrected chi connectivity index (χ0v) is 11.1. The Hall–Kier alpha value is -1.33. The van der Waals surface area contributed by atoms with Crippen molar-refractivity contribution in [1.29, 1.82) is 0 Å². The van der Waals surface area contributed by atoms with Gasteiger partial charge in [-0.2, -0.15) is 0 Å². The first-order valence-corrected chi connectivity index (χ1v) is 6.34. The van der Waals surface area contributed by atoms with Crippen LogP contribution in [0, 0.1) is 6.92 Å². The summed E-state index contributed by atoms with van der Waals surface area (Å²) < 4.78 is 3.11. The molecular formula is C12H13BrN4. The first-order chi connectivity index (χ1) is 8.19. The predicted molar refractivity (Wildman–Crippen MR) is 72.2 cm³/mol. The van der Waals surface area contributed by atoms with Gasteiger partial charge >= 0.3 is 0 Å². The summed E-state index contributed by atoms with van der Waals surface area (Å²) in [5.41, 5.74) is 9.99. The highest BCUT2D eigenvalue weighted by atomic mass is 79.9. The van der Waals surface area contributed by atoms with Crippen LogP contribution >= 0.6 is 15.9 Å². The summed E-state index contributed by atoms with van der Waals surface area (Å²) in [6.07, 6.45) is 2.92. The number of aryl methyl sites for hydroxylation is 1. The molecule has 3 N–H and O–H groups in total. The van der Waals surface area contributed by atoms with Gasteiger partial charge < -0.3 is 10.7 Å². The number of nitrogens with one attached hydrogen (secondary N) is 1. The minimum atomic E-state index is 0.643. The van der Waals surface area contributed by atoms with E-state index < -0.39 is 0 Å². The normalized spacial score (nSPS) is 11.7. The first-order valence-electron chi connectivity index (χ1n) is 5.55. The fourth-order valence-corrected chi connectivity index (χ4v) is 2.77. The summed E-state index contributed by atoms with van der Waals surface area (Å²) in [6.45, 7) is 2.72. The molecule has 0 aliphatic rings. The van der Waals surface area contributed by atoms with Crippen molar-refractivity contribution >= 4 is 32.7 Å². The Morgan fingerprint density at radius 3 is 3.06 bits per heavy atom. The Morgan fingerprint density at radius 2 is 2.29 bits per heavy atom. The molecule has 4 nitrogen and oxygen atoms in total. The van der Waals surface area contributed by atoms with E-state index in [-0.39, 0.29) is 0 Å². The molecule has 88 valence electrons. The monoisotopic (exact) mass is 292 g/mol. The van der Waals surface area contributed by atoms with Crippen LogP contribution in [0.15, 0.2) is 22.8 Å². The van der Waals surface area contributed by atoms with Crippen molar-refractivity contribution in [3.8, 4) is 0 Å². The molecule has 2 aromatic heterocycles. The Kier molecular flexibility index (Phi) is 2.45. The van der Waals surface area contributed by atoms with Gasteiger partial charge in [0, 0.05) is 22.8 Å². The summed E-state index contributed by atoms with van der Waals surface area (Å²) in [5, 5.41) is 0. The van der Waals surface area contributed by atoms with Crippen molar-refractivity contribution in [2.75, 3.05) is 6.54 Å². The van der Waals surface area contributed by atoms with E-state index in [9.17, 15) is 0 Å². The van der Waals surface area contributed by atoms with Crippen LogP contribution in [0.4, 0.5) is 0 Å². The summed E-state index contributed by atoms with van der Waals surface area (Å²) in [5.74, 6) is 0.870. The Labute approximate surface area is 107 Å². The SMILES string of the molecule is Cc1cc(Br)c2nc3[nH]c(CCN)cn3c2c1. The number of nitrogens with two attached hydrogens (primary N) is 1. The number of hydrogen-bond acceptors (Lipinski definition) is 2. The number of aromatic nitrogens is 3. The van der Waals surface area contributed by atoms with Gasteiger partial charge in [-0.1, -0.05) is 0 Å². The van der Waals surface area contributed by atoms with Crippen LogP contribution in [0.2, 0.25) is 0 Å². The van der Waals surface area contributed by atoms with Crippen LogP contribution in [0.5, 0.6) is 0 Å². The molecule has 3 aromatic rings. The lowest BCUT2D eigenvalue weighted by Crippen LogP contribution is -2.02. The van der Waals surface area contributed by atoms with Crippen molar-refractivity contribution in [2.45, 2.75) is 13.3 Å². The third-order valence-corrected chi connectivity index (χ3v) is 3.47.